The van der Waals surface area contributed by atoms with E-state index in [1.807, 2.05) is 25.1 Å². The highest BCUT2D eigenvalue weighted by molar-refractivity contribution is 6.07. The molecule has 6 heteroatoms. The van der Waals surface area contributed by atoms with Crippen LogP contribution in [0.3, 0.4) is 0 Å². The molecule has 0 saturated heterocycles. The molecule has 0 aromatic carbocycles. The van der Waals surface area contributed by atoms with E-state index >= 15 is 0 Å². The fourth-order valence-corrected chi connectivity index (χ4v) is 3.53. The third-order valence-corrected chi connectivity index (χ3v) is 5.01. The van der Waals surface area contributed by atoms with Crippen molar-refractivity contribution in [3.05, 3.63) is 66.3 Å². The fraction of sp³-hybridized carbons (Fsp3) is 0.300. The van der Waals surface area contributed by atoms with Crippen LogP contribution in [0.4, 0.5) is 0 Å². The molecule has 1 aliphatic heterocycles. The zero-order valence-corrected chi connectivity index (χ0v) is 14.6. The molecule has 2 unspecified atom stereocenters. The van der Waals surface area contributed by atoms with Crippen LogP contribution in [0.15, 0.2) is 59.9 Å². The third kappa shape index (κ3) is 3.22. The highest BCUT2D eigenvalue weighted by Crippen LogP contribution is 2.46. The summed E-state index contributed by atoms with van der Waals surface area (Å²) in [5.41, 5.74) is -0.867. The minimum absolute atomic E-state index is 0.173. The molecule has 134 valence electrons. The topological polar surface area (TPSA) is 95.4 Å². The highest BCUT2D eigenvalue weighted by Gasteiger charge is 2.53. The largest absolute Gasteiger partial charge is 0.481 e. The van der Waals surface area contributed by atoms with E-state index in [1.54, 1.807) is 42.9 Å². The van der Waals surface area contributed by atoms with Gasteiger partial charge in [-0.2, -0.15) is 0 Å². The second-order valence-electron chi connectivity index (χ2n) is 6.77. The fourth-order valence-electron chi connectivity index (χ4n) is 3.53. The van der Waals surface area contributed by atoms with Crippen molar-refractivity contribution < 1.29 is 14.7 Å². The molecule has 0 saturated carbocycles. The zero-order chi connectivity index (χ0) is 18.6. The number of aromatic amines is 1. The summed E-state index contributed by atoms with van der Waals surface area (Å²) in [5.74, 6) is -1.18. The van der Waals surface area contributed by atoms with E-state index in [-0.39, 0.29) is 12.2 Å². The van der Waals surface area contributed by atoms with Gasteiger partial charge < -0.3 is 10.1 Å². The Morgan fingerprint density at radius 2 is 2.12 bits per heavy atom. The molecule has 26 heavy (non-hydrogen) atoms. The van der Waals surface area contributed by atoms with Gasteiger partial charge in [-0.05, 0) is 49.3 Å². The first-order chi connectivity index (χ1) is 12.5. The average Bonchev–Trinajstić information content (AvgIpc) is 3.32. The van der Waals surface area contributed by atoms with E-state index in [0.29, 0.717) is 18.5 Å². The number of hydrogen-bond donors (Lipinski definition) is 2. The van der Waals surface area contributed by atoms with Gasteiger partial charge in [0.25, 0.3) is 0 Å². The molecule has 3 rings (SSSR count). The summed E-state index contributed by atoms with van der Waals surface area (Å²) in [6, 6.07) is 9.05. The lowest BCUT2D eigenvalue weighted by Crippen LogP contribution is -2.50. The van der Waals surface area contributed by atoms with Crippen molar-refractivity contribution >= 4 is 18.0 Å². The van der Waals surface area contributed by atoms with Gasteiger partial charge in [-0.25, -0.2) is 0 Å². The Bertz CT molecular complexity index is 828. The standard InChI is InChI=1S/C20H21N3O3/c1-19(14-17(24)25,10-8-15-6-2-3-11-21-15)20(9-5-13-23-20)18(26)16-7-4-12-22-16/h2-7,9,11-13,22H,8,10,14H2,1H3,(H,24,25). The molecular formula is C20H21N3O3. The predicted octanol–water partition coefficient (Wildman–Crippen LogP) is 3.09. The number of aliphatic imine (C=N–C) groups is 1. The predicted molar refractivity (Wildman–Crippen MR) is 98.4 cm³/mol. The van der Waals surface area contributed by atoms with E-state index in [0.717, 1.165) is 5.69 Å². The van der Waals surface area contributed by atoms with Gasteiger partial charge >= 0.3 is 5.97 Å². The first kappa shape index (κ1) is 17.8. The summed E-state index contributed by atoms with van der Waals surface area (Å²) in [6.07, 6.45) is 9.23. The van der Waals surface area contributed by atoms with Crippen LogP contribution in [0.5, 0.6) is 0 Å². The van der Waals surface area contributed by atoms with E-state index in [4.69, 9.17) is 0 Å². The van der Waals surface area contributed by atoms with E-state index in [9.17, 15) is 14.7 Å². The molecule has 0 fully saturated rings. The monoisotopic (exact) mass is 351 g/mol. The number of pyridine rings is 1. The lowest BCUT2D eigenvalue weighted by Gasteiger charge is -2.41. The van der Waals surface area contributed by atoms with Gasteiger partial charge in [-0.15, -0.1) is 0 Å². The summed E-state index contributed by atoms with van der Waals surface area (Å²) in [6.45, 7) is 1.82. The number of nitrogens with one attached hydrogen (secondary N) is 1. The third-order valence-electron chi connectivity index (χ3n) is 5.01. The summed E-state index contributed by atoms with van der Waals surface area (Å²) in [7, 11) is 0. The van der Waals surface area contributed by atoms with Gasteiger partial charge in [0.15, 0.2) is 0 Å². The molecule has 0 aliphatic carbocycles. The normalized spacial score (nSPS) is 20.8. The maximum absolute atomic E-state index is 13.3. The lowest BCUT2D eigenvalue weighted by atomic mass is 9.63. The van der Waals surface area contributed by atoms with Gasteiger partial charge in [0.2, 0.25) is 5.78 Å². The maximum atomic E-state index is 13.3. The van der Waals surface area contributed by atoms with E-state index in [1.165, 1.54) is 0 Å². The quantitative estimate of drug-likeness (QED) is 0.714. The van der Waals surface area contributed by atoms with Crippen molar-refractivity contribution in [2.45, 2.75) is 31.7 Å². The molecule has 0 radical (unpaired) electrons. The Hall–Kier alpha value is -3.02. The van der Waals surface area contributed by atoms with Crippen LogP contribution >= 0.6 is 0 Å². The average molecular weight is 351 g/mol. The van der Waals surface area contributed by atoms with Gasteiger partial charge in [0, 0.05) is 29.7 Å². The molecular weight excluding hydrogens is 330 g/mol. The Labute approximate surface area is 151 Å². The number of H-pyrrole nitrogens is 1. The smallest absolute Gasteiger partial charge is 0.304 e. The second kappa shape index (κ2) is 7.07. The first-order valence-corrected chi connectivity index (χ1v) is 8.50. The molecule has 2 aromatic rings. The van der Waals surface area contributed by atoms with Gasteiger partial charge in [0.05, 0.1) is 12.1 Å². The molecule has 2 aromatic heterocycles. The summed E-state index contributed by atoms with van der Waals surface area (Å²) in [4.78, 5) is 36.6. The first-order valence-electron chi connectivity index (χ1n) is 8.50. The van der Waals surface area contributed by atoms with Crippen molar-refractivity contribution in [1.82, 2.24) is 9.97 Å². The highest BCUT2D eigenvalue weighted by atomic mass is 16.4. The molecule has 1 aliphatic rings. The Balaban J connectivity index is 1.98. The Kier molecular flexibility index (Phi) is 4.84. The number of ketones is 1. The van der Waals surface area contributed by atoms with Crippen LogP contribution in [0.2, 0.25) is 0 Å². The van der Waals surface area contributed by atoms with Crippen LogP contribution in [0.25, 0.3) is 0 Å². The number of carbonyl (C=O) groups excluding carboxylic acids is 1. The van der Waals surface area contributed by atoms with Crippen LogP contribution in [0, 0.1) is 5.41 Å². The van der Waals surface area contributed by atoms with Crippen LogP contribution < -0.4 is 0 Å². The minimum Gasteiger partial charge on any atom is -0.481 e. The van der Waals surface area contributed by atoms with Crippen molar-refractivity contribution in [1.29, 1.82) is 0 Å². The molecule has 2 N–H and O–H groups in total. The summed E-state index contributed by atoms with van der Waals surface area (Å²) < 4.78 is 0. The van der Waals surface area contributed by atoms with Crippen molar-refractivity contribution in [3.63, 3.8) is 0 Å². The lowest BCUT2D eigenvalue weighted by molar-refractivity contribution is -0.140. The number of carboxylic acid groups (broad SMARTS) is 1. The minimum atomic E-state index is -1.25. The van der Waals surface area contributed by atoms with Crippen LogP contribution in [-0.4, -0.2) is 38.6 Å². The molecule has 0 amide bonds. The van der Waals surface area contributed by atoms with Crippen molar-refractivity contribution in [2.75, 3.05) is 0 Å². The number of aliphatic carboxylic acids is 1. The SMILES string of the molecule is CC(CCc1ccccn1)(CC(=O)O)C1(C(=O)c2ccc[nH]2)C=CC=N1. The molecule has 0 spiro atoms. The second-order valence-corrected chi connectivity index (χ2v) is 6.77. The number of nitrogens with zero attached hydrogens (tertiary/aromatic N) is 2. The number of rotatable bonds is 8. The van der Waals surface area contributed by atoms with Gasteiger partial charge in [0.1, 0.15) is 5.54 Å². The van der Waals surface area contributed by atoms with Gasteiger partial charge in [-0.1, -0.05) is 13.0 Å². The Morgan fingerprint density at radius 1 is 1.27 bits per heavy atom. The van der Waals surface area contributed by atoms with Crippen LogP contribution in [-0.2, 0) is 11.2 Å². The maximum Gasteiger partial charge on any atom is 0.304 e. The number of carbonyl (C=O) groups is 2. The summed E-state index contributed by atoms with van der Waals surface area (Å²) >= 11 is 0. The number of aryl methyl sites for hydroxylation is 1. The van der Waals surface area contributed by atoms with Crippen LogP contribution in [0.1, 0.15) is 35.9 Å². The Morgan fingerprint density at radius 3 is 2.69 bits per heavy atom. The summed E-state index contributed by atoms with van der Waals surface area (Å²) in [5, 5.41) is 9.52. The number of Topliss-reactive ketones (excluding diaryl/α,β-unsaturated/α-hetero) is 1. The number of hydrogen-bond acceptors (Lipinski definition) is 4. The number of allylic oxidation sites excluding steroid dienone is 1. The zero-order valence-electron chi connectivity index (χ0n) is 14.6. The van der Waals surface area contributed by atoms with E-state index < -0.39 is 16.9 Å². The number of carboxylic acids is 1. The van der Waals surface area contributed by atoms with E-state index in [2.05, 4.69) is 15.0 Å². The molecule has 0 bridgehead atoms. The van der Waals surface area contributed by atoms with Gasteiger partial charge in [-0.3, -0.25) is 19.6 Å². The molecule has 6 nitrogen and oxygen atoms in total. The van der Waals surface area contributed by atoms with Crippen molar-refractivity contribution in [2.24, 2.45) is 10.4 Å². The molecule has 3 heterocycles. The number of aromatic nitrogens is 2. The molecule has 2 atom stereocenters. The van der Waals surface area contributed by atoms with Crippen molar-refractivity contribution in [3.8, 4) is 0 Å².